The van der Waals surface area contributed by atoms with Gasteiger partial charge in [0, 0.05) is 13.0 Å². The minimum atomic E-state index is -0.994. The van der Waals surface area contributed by atoms with Crippen LogP contribution in [-0.4, -0.2) is 24.4 Å². The highest BCUT2D eigenvalue weighted by molar-refractivity contribution is 5.86. The summed E-state index contributed by atoms with van der Waals surface area (Å²) >= 11 is 0. The fraction of sp³-hybridized carbons (Fsp3) is 0.700. The SMILES string of the molecule is CCC(C)(C#N)C(=O)NC1CNC(=O)C1. The second-order valence-electron chi connectivity index (χ2n) is 3.98. The van der Waals surface area contributed by atoms with Gasteiger partial charge in [0.25, 0.3) is 0 Å². The molecule has 0 saturated carbocycles. The van der Waals surface area contributed by atoms with E-state index in [9.17, 15) is 9.59 Å². The molecular formula is C10H15N3O2. The van der Waals surface area contributed by atoms with Crippen LogP contribution in [0.15, 0.2) is 0 Å². The molecule has 2 atom stereocenters. The molecule has 2 unspecified atom stereocenters. The first kappa shape index (κ1) is 11.5. The summed E-state index contributed by atoms with van der Waals surface area (Å²) in [6.45, 7) is 3.85. The molecule has 2 N–H and O–H groups in total. The number of carbonyl (C=O) groups is 2. The molecule has 82 valence electrons. The summed E-state index contributed by atoms with van der Waals surface area (Å²) in [5.74, 6) is -0.357. The molecule has 1 rings (SSSR count). The van der Waals surface area contributed by atoms with Gasteiger partial charge in [0.1, 0.15) is 5.41 Å². The molecule has 0 aliphatic carbocycles. The zero-order valence-electron chi connectivity index (χ0n) is 8.96. The van der Waals surface area contributed by atoms with E-state index in [4.69, 9.17) is 5.26 Å². The van der Waals surface area contributed by atoms with Crippen LogP contribution in [0.3, 0.4) is 0 Å². The van der Waals surface area contributed by atoms with Gasteiger partial charge in [-0.3, -0.25) is 9.59 Å². The zero-order chi connectivity index (χ0) is 11.5. The average molecular weight is 209 g/mol. The number of amides is 2. The molecule has 5 heteroatoms. The standard InChI is InChI=1S/C10H15N3O2/c1-3-10(2,6-11)9(15)13-7-4-8(14)12-5-7/h7H,3-5H2,1-2H3,(H,12,14)(H,13,15). The van der Waals surface area contributed by atoms with Gasteiger partial charge in [-0.1, -0.05) is 6.92 Å². The Balaban J connectivity index is 2.56. The maximum Gasteiger partial charge on any atom is 0.240 e. The second-order valence-corrected chi connectivity index (χ2v) is 3.98. The van der Waals surface area contributed by atoms with Crippen LogP contribution in [0.5, 0.6) is 0 Å². The van der Waals surface area contributed by atoms with Gasteiger partial charge in [-0.25, -0.2) is 0 Å². The monoisotopic (exact) mass is 209 g/mol. The number of rotatable bonds is 3. The third-order valence-electron chi connectivity index (χ3n) is 2.77. The smallest absolute Gasteiger partial charge is 0.240 e. The fourth-order valence-electron chi connectivity index (χ4n) is 1.34. The van der Waals surface area contributed by atoms with Crippen molar-refractivity contribution in [1.82, 2.24) is 10.6 Å². The number of hydrogen-bond donors (Lipinski definition) is 2. The van der Waals surface area contributed by atoms with E-state index in [-0.39, 0.29) is 17.9 Å². The van der Waals surface area contributed by atoms with E-state index in [1.165, 1.54) is 0 Å². The van der Waals surface area contributed by atoms with Gasteiger partial charge < -0.3 is 10.6 Å². The van der Waals surface area contributed by atoms with Crippen LogP contribution in [0, 0.1) is 16.7 Å². The Hall–Kier alpha value is -1.57. The summed E-state index contributed by atoms with van der Waals surface area (Å²) in [5.41, 5.74) is -0.994. The predicted octanol–water partition coefficient (Wildman–Crippen LogP) is -0.0690. The lowest BCUT2D eigenvalue weighted by Crippen LogP contribution is -2.44. The van der Waals surface area contributed by atoms with Crippen LogP contribution < -0.4 is 10.6 Å². The Kier molecular flexibility index (Phi) is 3.30. The Morgan fingerprint density at radius 2 is 2.47 bits per heavy atom. The highest BCUT2D eigenvalue weighted by atomic mass is 16.2. The number of hydrogen-bond acceptors (Lipinski definition) is 3. The lowest BCUT2D eigenvalue weighted by Gasteiger charge is -2.20. The quantitative estimate of drug-likeness (QED) is 0.682. The number of carbonyl (C=O) groups excluding carboxylic acids is 2. The first-order valence-electron chi connectivity index (χ1n) is 5.00. The Labute approximate surface area is 88.8 Å². The van der Waals surface area contributed by atoms with Crippen LogP contribution in [0.2, 0.25) is 0 Å². The molecule has 0 spiro atoms. The van der Waals surface area contributed by atoms with E-state index in [0.29, 0.717) is 19.4 Å². The van der Waals surface area contributed by atoms with Gasteiger partial charge >= 0.3 is 0 Å². The summed E-state index contributed by atoms with van der Waals surface area (Å²) in [4.78, 5) is 22.6. The van der Waals surface area contributed by atoms with Gasteiger partial charge in [0.15, 0.2) is 0 Å². The Bertz CT molecular complexity index is 321. The van der Waals surface area contributed by atoms with Crippen molar-refractivity contribution in [3.05, 3.63) is 0 Å². The molecule has 1 aliphatic rings. The highest BCUT2D eigenvalue weighted by Gasteiger charge is 2.34. The molecule has 0 bridgehead atoms. The summed E-state index contributed by atoms with van der Waals surface area (Å²) in [6, 6.07) is 1.82. The van der Waals surface area contributed by atoms with Crippen molar-refractivity contribution in [3.8, 4) is 6.07 Å². The molecule has 0 aromatic heterocycles. The minimum absolute atomic E-state index is 0.0598. The molecule has 5 nitrogen and oxygen atoms in total. The third kappa shape index (κ3) is 2.46. The van der Waals surface area contributed by atoms with E-state index >= 15 is 0 Å². The molecule has 1 fully saturated rings. The number of nitrogens with zero attached hydrogens (tertiary/aromatic N) is 1. The average Bonchev–Trinajstić information content (AvgIpc) is 2.62. The molecular weight excluding hydrogens is 194 g/mol. The van der Waals surface area contributed by atoms with Gasteiger partial charge in [0.05, 0.1) is 12.1 Å². The van der Waals surface area contributed by atoms with Crippen molar-refractivity contribution in [3.63, 3.8) is 0 Å². The van der Waals surface area contributed by atoms with Crippen molar-refractivity contribution in [2.75, 3.05) is 6.54 Å². The summed E-state index contributed by atoms with van der Waals surface area (Å²) < 4.78 is 0. The topological polar surface area (TPSA) is 82.0 Å². The van der Waals surface area contributed by atoms with Gasteiger partial charge in [-0.15, -0.1) is 0 Å². The van der Waals surface area contributed by atoms with E-state index < -0.39 is 5.41 Å². The van der Waals surface area contributed by atoms with E-state index in [1.54, 1.807) is 13.8 Å². The molecule has 0 radical (unpaired) electrons. The summed E-state index contributed by atoms with van der Waals surface area (Å²) in [5, 5.41) is 14.2. The first-order valence-corrected chi connectivity index (χ1v) is 5.00. The lowest BCUT2D eigenvalue weighted by molar-refractivity contribution is -0.128. The second kappa shape index (κ2) is 4.30. The Morgan fingerprint density at radius 1 is 1.80 bits per heavy atom. The van der Waals surface area contributed by atoms with Crippen molar-refractivity contribution >= 4 is 11.8 Å². The zero-order valence-corrected chi connectivity index (χ0v) is 8.96. The van der Waals surface area contributed by atoms with Crippen molar-refractivity contribution in [2.45, 2.75) is 32.7 Å². The van der Waals surface area contributed by atoms with Crippen LogP contribution >= 0.6 is 0 Å². The van der Waals surface area contributed by atoms with Crippen molar-refractivity contribution in [2.24, 2.45) is 5.41 Å². The summed E-state index contributed by atoms with van der Waals surface area (Å²) in [7, 11) is 0. The molecule has 1 saturated heterocycles. The van der Waals surface area contributed by atoms with Gasteiger partial charge in [-0.2, -0.15) is 5.26 Å². The number of nitrogens with one attached hydrogen (secondary N) is 2. The van der Waals surface area contributed by atoms with Gasteiger partial charge in [0.2, 0.25) is 11.8 Å². The molecule has 15 heavy (non-hydrogen) atoms. The largest absolute Gasteiger partial charge is 0.354 e. The lowest BCUT2D eigenvalue weighted by atomic mass is 9.88. The maximum absolute atomic E-state index is 11.7. The maximum atomic E-state index is 11.7. The van der Waals surface area contributed by atoms with E-state index in [2.05, 4.69) is 10.6 Å². The van der Waals surface area contributed by atoms with Crippen LogP contribution in [0.4, 0.5) is 0 Å². The predicted molar refractivity (Wildman–Crippen MR) is 53.6 cm³/mol. The fourth-order valence-corrected chi connectivity index (χ4v) is 1.34. The van der Waals surface area contributed by atoms with Crippen molar-refractivity contribution in [1.29, 1.82) is 5.26 Å². The number of nitriles is 1. The molecule has 0 aromatic rings. The van der Waals surface area contributed by atoms with Crippen LogP contribution in [-0.2, 0) is 9.59 Å². The first-order chi connectivity index (χ1) is 7.01. The van der Waals surface area contributed by atoms with Gasteiger partial charge in [-0.05, 0) is 13.3 Å². The van der Waals surface area contributed by atoms with Crippen LogP contribution in [0.1, 0.15) is 26.7 Å². The Morgan fingerprint density at radius 3 is 2.87 bits per heavy atom. The van der Waals surface area contributed by atoms with Crippen molar-refractivity contribution < 1.29 is 9.59 Å². The minimum Gasteiger partial charge on any atom is -0.354 e. The highest BCUT2D eigenvalue weighted by Crippen LogP contribution is 2.20. The molecule has 1 aliphatic heterocycles. The summed E-state index contributed by atoms with van der Waals surface area (Å²) in [6.07, 6.45) is 0.764. The van der Waals surface area contributed by atoms with E-state index in [1.807, 2.05) is 6.07 Å². The normalized spacial score (nSPS) is 23.8. The van der Waals surface area contributed by atoms with Crippen LogP contribution in [0.25, 0.3) is 0 Å². The van der Waals surface area contributed by atoms with E-state index in [0.717, 1.165) is 0 Å². The molecule has 2 amide bonds. The molecule has 0 aromatic carbocycles. The third-order valence-corrected chi connectivity index (χ3v) is 2.77. The molecule has 1 heterocycles.